The highest BCUT2D eigenvalue weighted by Gasteiger charge is 2.18. The van der Waals surface area contributed by atoms with Crippen LogP contribution in [0, 0.1) is 15.9 Å². The van der Waals surface area contributed by atoms with E-state index in [4.69, 9.17) is 5.73 Å². The van der Waals surface area contributed by atoms with Crippen molar-refractivity contribution in [1.82, 2.24) is 0 Å². The van der Waals surface area contributed by atoms with Crippen LogP contribution >= 0.6 is 0 Å². The second-order valence-corrected chi connectivity index (χ2v) is 4.15. The molecule has 0 aliphatic heterocycles. The number of nitro benzene ring substituents is 1. The van der Waals surface area contributed by atoms with Crippen molar-refractivity contribution in [3.63, 3.8) is 0 Å². The molecule has 2 rings (SSSR count). The number of benzene rings is 2. The average Bonchev–Trinajstić information content (AvgIpc) is 2.43. The third-order valence-electron chi connectivity index (χ3n) is 2.69. The Morgan fingerprint density at radius 2 is 2.00 bits per heavy atom. The molecule has 1 amide bonds. The fraction of sp³-hybridized carbons (Fsp3) is 0. The van der Waals surface area contributed by atoms with E-state index in [2.05, 4.69) is 5.32 Å². The third kappa shape index (κ3) is 3.06. The maximum absolute atomic E-state index is 13.3. The first-order valence-electron chi connectivity index (χ1n) is 5.72. The smallest absolute Gasteiger partial charge is 0.296 e. The minimum Gasteiger partial charge on any atom is -0.508 e. The fourth-order valence-corrected chi connectivity index (χ4v) is 1.64. The molecule has 0 bridgehead atoms. The van der Waals surface area contributed by atoms with E-state index in [-0.39, 0.29) is 22.7 Å². The minimum absolute atomic E-state index is 0.0379. The van der Waals surface area contributed by atoms with Gasteiger partial charge in [0.2, 0.25) is 0 Å². The molecule has 0 aliphatic carbocycles. The quantitative estimate of drug-likeness (QED) is 0.347. The van der Waals surface area contributed by atoms with Crippen molar-refractivity contribution in [2.24, 2.45) is 0 Å². The van der Waals surface area contributed by atoms with Crippen LogP contribution in [0.15, 0.2) is 36.4 Å². The maximum atomic E-state index is 13.3. The highest BCUT2D eigenvalue weighted by atomic mass is 19.1. The highest BCUT2D eigenvalue weighted by molar-refractivity contribution is 6.05. The van der Waals surface area contributed by atoms with Gasteiger partial charge in [-0.1, -0.05) is 0 Å². The molecule has 2 aromatic carbocycles. The third-order valence-corrected chi connectivity index (χ3v) is 2.69. The van der Waals surface area contributed by atoms with Gasteiger partial charge in [0.25, 0.3) is 11.6 Å². The van der Waals surface area contributed by atoms with Crippen molar-refractivity contribution in [2.75, 3.05) is 11.1 Å². The largest absolute Gasteiger partial charge is 0.508 e. The van der Waals surface area contributed by atoms with Gasteiger partial charge in [0.15, 0.2) is 0 Å². The number of phenolic OH excluding ortho intramolecular Hbond substituents is 1. The van der Waals surface area contributed by atoms with E-state index in [1.54, 1.807) is 0 Å². The van der Waals surface area contributed by atoms with Crippen LogP contribution in [-0.4, -0.2) is 15.9 Å². The number of nitrogen functional groups attached to an aromatic ring is 1. The standard InChI is InChI=1S/C13H10FN3O4/c14-9-5-7(1-3-10(9)15)13(19)16-11-4-2-8(18)6-12(11)17(20)21/h1-6,18H,15H2,(H,16,19). The van der Waals surface area contributed by atoms with Crippen molar-refractivity contribution in [3.05, 3.63) is 57.9 Å². The number of nitrogens with zero attached hydrogens (tertiary/aromatic N) is 1. The summed E-state index contributed by atoms with van der Waals surface area (Å²) in [6.07, 6.45) is 0. The first-order chi connectivity index (χ1) is 9.88. The van der Waals surface area contributed by atoms with Crippen LogP contribution in [0.2, 0.25) is 0 Å². The lowest BCUT2D eigenvalue weighted by Gasteiger charge is -2.07. The van der Waals surface area contributed by atoms with Gasteiger partial charge >= 0.3 is 0 Å². The van der Waals surface area contributed by atoms with Gasteiger partial charge in [-0.15, -0.1) is 0 Å². The van der Waals surface area contributed by atoms with Crippen molar-refractivity contribution in [2.45, 2.75) is 0 Å². The number of rotatable bonds is 3. The van der Waals surface area contributed by atoms with Crippen LogP contribution in [0.4, 0.5) is 21.5 Å². The lowest BCUT2D eigenvalue weighted by atomic mass is 10.1. The Morgan fingerprint density at radius 3 is 2.62 bits per heavy atom. The molecule has 0 saturated carbocycles. The molecule has 0 aliphatic rings. The zero-order chi connectivity index (χ0) is 15.6. The Bertz CT molecular complexity index is 733. The Kier molecular flexibility index (Phi) is 3.70. The van der Waals surface area contributed by atoms with Gasteiger partial charge in [-0.05, 0) is 30.3 Å². The van der Waals surface area contributed by atoms with Crippen molar-refractivity contribution < 1.29 is 19.2 Å². The summed E-state index contributed by atoms with van der Waals surface area (Å²) in [5, 5.41) is 22.4. The topological polar surface area (TPSA) is 118 Å². The van der Waals surface area contributed by atoms with E-state index in [1.165, 1.54) is 24.3 Å². The van der Waals surface area contributed by atoms with Gasteiger partial charge in [-0.25, -0.2) is 4.39 Å². The molecule has 2 aromatic rings. The van der Waals surface area contributed by atoms with E-state index in [0.29, 0.717) is 0 Å². The number of hydrogen-bond donors (Lipinski definition) is 3. The zero-order valence-electron chi connectivity index (χ0n) is 10.5. The Morgan fingerprint density at radius 1 is 1.29 bits per heavy atom. The van der Waals surface area contributed by atoms with Gasteiger partial charge < -0.3 is 16.2 Å². The molecule has 0 fully saturated rings. The molecule has 21 heavy (non-hydrogen) atoms. The van der Waals surface area contributed by atoms with Crippen LogP contribution in [0.1, 0.15) is 10.4 Å². The summed E-state index contributed by atoms with van der Waals surface area (Å²) in [6.45, 7) is 0. The summed E-state index contributed by atoms with van der Waals surface area (Å²) in [7, 11) is 0. The minimum atomic E-state index is -0.761. The summed E-state index contributed by atoms with van der Waals surface area (Å²) in [5.74, 6) is -1.80. The Balaban J connectivity index is 2.31. The van der Waals surface area contributed by atoms with E-state index in [9.17, 15) is 24.4 Å². The van der Waals surface area contributed by atoms with Crippen LogP contribution in [0.5, 0.6) is 5.75 Å². The molecule has 0 atom stereocenters. The predicted molar refractivity (Wildman–Crippen MR) is 73.5 cm³/mol. The summed E-state index contributed by atoms with van der Waals surface area (Å²) in [6, 6.07) is 6.71. The zero-order valence-corrected chi connectivity index (χ0v) is 10.5. The Labute approximate surface area is 118 Å². The monoisotopic (exact) mass is 291 g/mol. The van der Waals surface area contributed by atoms with E-state index >= 15 is 0 Å². The van der Waals surface area contributed by atoms with Crippen LogP contribution in [0.25, 0.3) is 0 Å². The van der Waals surface area contributed by atoms with Crippen molar-refractivity contribution in [3.8, 4) is 5.75 Å². The van der Waals surface area contributed by atoms with Crippen molar-refractivity contribution >= 4 is 23.0 Å². The number of aromatic hydroxyl groups is 1. The molecule has 0 radical (unpaired) electrons. The molecular weight excluding hydrogens is 281 g/mol. The highest BCUT2D eigenvalue weighted by Crippen LogP contribution is 2.28. The number of hydrogen-bond acceptors (Lipinski definition) is 5. The van der Waals surface area contributed by atoms with Crippen LogP contribution in [-0.2, 0) is 0 Å². The van der Waals surface area contributed by atoms with Gasteiger partial charge in [0.1, 0.15) is 17.3 Å². The number of amides is 1. The molecule has 7 nitrogen and oxygen atoms in total. The summed E-state index contributed by atoms with van der Waals surface area (Å²) >= 11 is 0. The lowest BCUT2D eigenvalue weighted by molar-refractivity contribution is -0.384. The molecule has 8 heteroatoms. The molecule has 0 spiro atoms. The number of phenols is 1. The molecule has 108 valence electrons. The molecule has 0 aromatic heterocycles. The van der Waals surface area contributed by atoms with Gasteiger partial charge in [-0.3, -0.25) is 14.9 Å². The van der Waals surface area contributed by atoms with Crippen LogP contribution < -0.4 is 11.1 Å². The SMILES string of the molecule is Nc1ccc(C(=O)Nc2ccc(O)cc2[N+](=O)[O-])cc1F. The van der Waals surface area contributed by atoms with Gasteiger partial charge in [0, 0.05) is 5.56 Å². The summed E-state index contributed by atoms with van der Waals surface area (Å²) in [4.78, 5) is 22.0. The number of nitrogens with two attached hydrogens (primary N) is 1. The average molecular weight is 291 g/mol. The number of halogens is 1. The van der Waals surface area contributed by atoms with E-state index in [0.717, 1.165) is 12.1 Å². The molecule has 0 saturated heterocycles. The number of carbonyl (C=O) groups excluding carboxylic acids is 1. The number of anilines is 2. The lowest BCUT2D eigenvalue weighted by Crippen LogP contribution is -2.13. The first-order valence-corrected chi connectivity index (χ1v) is 5.72. The number of carbonyl (C=O) groups is 1. The van der Waals surface area contributed by atoms with Gasteiger partial charge in [0.05, 0.1) is 16.7 Å². The van der Waals surface area contributed by atoms with E-state index in [1.807, 2.05) is 0 Å². The number of nitro groups is 1. The molecule has 4 N–H and O–H groups in total. The summed E-state index contributed by atoms with van der Waals surface area (Å²) in [5.41, 5.74) is 4.57. The molecular formula is C13H10FN3O4. The predicted octanol–water partition coefficient (Wildman–Crippen LogP) is 2.27. The molecule has 0 unspecified atom stereocenters. The molecule has 0 heterocycles. The van der Waals surface area contributed by atoms with Crippen molar-refractivity contribution in [1.29, 1.82) is 0 Å². The second kappa shape index (κ2) is 5.45. The normalized spacial score (nSPS) is 10.1. The first kappa shape index (κ1) is 14.3. The number of nitrogens with one attached hydrogen (secondary N) is 1. The van der Waals surface area contributed by atoms with Crippen LogP contribution in [0.3, 0.4) is 0 Å². The fourth-order valence-electron chi connectivity index (χ4n) is 1.64. The second-order valence-electron chi connectivity index (χ2n) is 4.15. The summed E-state index contributed by atoms with van der Waals surface area (Å²) < 4.78 is 13.3. The van der Waals surface area contributed by atoms with Gasteiger partial charge in [-0.2, -0.15) is 0 Å². The van der Waals surface area contributed by atoms with E-state index < -0.39 is 22.3 Å². The Hall–Kier alpha value is -3.16. The maximum Gasteiger partial charge on any atom is 0.296 e.